The molecule has 0 spiro atoms. The summed E-state index contributed by atoms with van der Waals surface area (Å²) in [6.07, 6.45) is 3.04. The van der Waals surface area contributed by atoms with Gasteiger partial charge in [0.05, 0.1) is 0 Å². The Bertz CT molecular complexity index is 1550. The van der Waals surface area contributed by atoms with Crippen LogP contribution in [0.3, 0.4) is 0 Å². The van der Waals surface area contributed by atoms with Gasteiger partial charge in [-0.25, -0.2) is 0 Å². The third-order valence-electron chi connectivity index (χ3n) is 5.81. The van der Waals surface area contributed by atoms with Crippen LogP contribution in [0.2, 0.25) is 0 Å². The van der Waals surface area contributed by atoms with Gasteiger partial charge in [0.15, 0.2) is 0 Å². The number of sulfone groups is 3. The normalized spacial score (nSPS) is 13.6. The van der Waals surface area contributed by atoms with Crippen molar-refractivity contribution in [1.82, 2.24) is 0 Å². The molecule has 0 saturated heterocycles. The van der Waals surface area contributed by atoms with Gasteiger partial charge >= 0.3 is 231 Å². The fraction of sp³-hybridized carbons (Fsp3) is 0.200. The van der Waals surface area contributed by atoms with Crippen LogP contribution in [0.25, 0.3) is 0 Å². The van der Waals surface area contributed by atoms with E-state index in [0.29, 0.717) is 0 Å². The third kappa shape index (κ3) is 5.93. The average molecular weight is 793 g/mol. The maximum absolute atomic E-state index is 12.8. The molecule has 0 bridgehead atoms. The van der Waals surface area contributed by atoms with Crippen molar-refractivity contribution in [2.24, 2.45) is 0 Å². The first kappa shape index (κ1) is 30.9. The van der Waals surface area contributed by atoms with Crippen LogP contribution in [-0.2, 0) is 44.7 Å². The second-order valence-electron chi connectivity index (χ2n) is 8.92. The molecule has 0 fully saturated rings. The number of carbonyl (C=O) groups excluding carboxylic acids is 2. The Morgan fingerprint density at radius 2 is 0.692 bits per heavy atom. The van der Waals surface area contributed by atoms with Gasteiger partial charge in [-0.05, 0) is 0 Å². The molecular weight excluding hydrogens is 765 g/mol. The summed E-state index contributed by atoms with van der Waals surface area (Å²) in [5.41, 5.74) is 0. The van der Waals surface area contributed by atoms with Gasteiger partial charge in [-0.2, -0.15) is 0 Å². The van der Waals surface area contributed by atoms with Crippen molar-refractivity contribution in [3.63, 3.8) is 0 Å². The molecule has 0 aliphatic heterocycles. The molecule has 0 N–H and O–H groups in total. The summed E-state index contributed by atoms with van der Waals surface area (Å²) >= 11 is -6.54. The molecule has 39 heavy (non-hydrogen) atoms. The second-order valence-corrected chi connectivity index (χ2v) is 29.9. The van der Waals surface area contributed by atoms with Gasteiger partial charge in [0, 0.05) is 0 Å². The van der Waals surface area contributed by atoms with Crippen LogP contribution < -0.4 is 9.81 Å². The maximum atomic E-state index is 12.8. The zero-order valence-corrected chi connectivity index (χ0v) is 27.6. The summed E-state index contributed by atoms with van der Waals surface area (Å²) in [7, 11) is -10.9. The summed E-state index contributed by atoms with van der Waals surface area (Å²) in [5.74, 6) is -1.68. The minimum atomic E-state index is -6.54. The van der Waals surface area contributed by atoms with Crippen LogP contribution in [0.1, 0.15) is 13.8 Å². The molecule has 210 valence electrons. The fourth-order valence-corrected chi connectivity index (χ4v) is 24.0. The molecular formula is C25H27BiO10S3. The van der Waals surface area contributed by atoms with Gasteiger partial charge < -0.3 is 0 Å². The summed E-state index contributed by atoms with van der Waals surface area (Å²) in [6.45, 7) is 2.22. The monoisotopic (exact) mass is 792 g/mol. The van der Waals surface area contributed by atoms with Crippen LogP contribution in [0.4, 0.5) is 0 Å². The zero-order chi connectivity index (χ0) is 29.5. The van der Waals surface area contributed by atoms with Crippen molar-refractivity contribution in [3.8, 4) is 0 Å². The van der Waals surface area contributed by atoms with E-state index < -0.39 is 61.1 Å². The van der Waals surface area contributed by atoms with Crippen molar-refractivity contribution in [2.75, 3.05) is 18.8 Å². The van der Waals surface area contributed by atoms with Crippen molar-refractivity contribution in [1.29, 1.82) is 0 Å². The van der Waals surface area contributed by atoms with Gasteiger partial charge in [0.25, 0.3) is 0 Å². The number of hydrogen-bond donors (Lipinski definition) is 0. The number of benzene rings is 3. The SMILES string of the molecule is CC(=O)[O][Bi]([O]C(C)=O)([c]1ccc(S(C)(=O)=O)cc1)([c]1ccc(S(C)(=O)=O)cc1)[c]1ccc(S(C)(=O)=O)cc1. The van der Waals surface area contributed by atoms with Crippen molar-refractivity contribution >= 4 is 70.9 Å². The Kier molecular flexibility index (Phi) is 8.22. The number of rotatable bonds is 8. The van der Waals surface area contributed by atoms with Crippen molar-refractivity contribution in [3.05, 3.63) is 72.8 Å². The predicted octanol–water partition coefficient (Wildman–Crippen LogP) is 0.441. The van der Waals surface area contributed by atoms with Gasteiger partial charge in [-0.3, -0.25) is 0 Å². The Morgan fingerprint density at radius 3 is 0.846 bits per heavy atom. The quantitative estimate of drug-likeness (QED) is 0.294. The van der Waals surface area contributed by atoms with Gasteiger partial charge in [-0.15, -0.1) is 0 Å². The van der Waals surface area contributed by atoms with Crippen LogP contribution in [-0.4, -0.2) is 75.6 Å². The molecule has 0 saturated carbocycles. The molecule has 0 aliphatic carbocycles. The minimum absolute atomic E-state index is 0.0484. The molecule has 0 amide bonds. The first-order valence-electron chi connectivity index (χ1n) is 11.2. The average Bonchev–Trinajstić information content (AvgIpc) is 2.82. The van der Waals surface area contributed by atoms with E-state index in [1.54, 1.807) is 0 Å². The number of carbonyl (C=O) groups is 2. The summed E-state index contributed by atoms with van der Waals surface area (Å²) in [5, 5.41) is 0. The molecule has 3 aromatic carbocycles. The summed E-state index contributed by atoms with van der Waals surface area (Å²) < 4.78 is 85.8. The Morgan fingerprint density at radius 1 is 0.487 bits per heavy atom. The van der Waals surface area contributed by atoms with Crippen LogP contribution in [0.5, 0.6) is 0 Å². The molecule has 0 unspecified atom stereocenters. The van der Waals surface area contributed by atoms with E-state index in [1.165, 1.54) is 72.8 Å². The van der Waals surface area contributed by atoms with E-state index in [4.69, 9.17) is 5.63 Å². The van der Waals surface area contributed by atoms with Crippen LogP contribution >= 0.6 is 0 Å². The second kappa shape index (κ2) is 10.4. The predicted molar refractivity (Wildman–Crippen MR) is 147 cm³/mol. The molecule has 0 atom stereocenters. The Labute approximate surface area is 230 Å². The van der Waals surface area contributed by atoms with E-state index >= 15 is 0 Å². The van der Waals surface area contributed by atoms with Gasteiger partial charge in [0.1, 0.15) is 0 Å². The van der Waals surface area contributed by atoms with Gasteiger partial charge in [0.2, 0.25) is 0 Å². The molecule has 3 rings (SSSR count). The molecule has 0 aromatic heterocycles. The summed E-state index contributed by atoms with van der Waals surface area (Å²) in [4.78, 5) is 25.4. The van der Waals surface area contributed by atoms with E-state index in [9.17, 15) is 34.8 Å². The van der Waals surface area contributed by atoms with Crippen LogP contribution in [0.15, 0.2) is 87.5 Å². The third-order valence-corrected chi connectivity index (χ3v) is 28.3. The van der Waals surface area contributed by atoms with Crippen molar-refractivity contribution < 1.29 is 40.5 Å². The fourth-order valence-electron chi connectivity index (χ4n) is 4.17. The number of hydrogen-bond acceptors (Lipinski definition) is 10. The Balaban J connectivity index is 2.61. The molecule has 3 aromatic rings. The van der Waals surface area contributed by atoms with E-state index in [1.807, 2.05) is 0 Å². The first-order valence-corrected chi connectivity index (χ1v) is 24.9. The topological polar surface area (TPSA) is 155 Å². The Hall–Kier alpha value is -2.67. The summed E-state index contributed by atoms with van der Waals surface area (Å²) in [6, 6.07) is 16.0. The molecule has 14 heteroatoms. The van der Waals surface area contributed by atoms with E-state index in [2.05, 4.69) is 0 Å². The zero-order valence-electron chi connectivity index (χ0n) is 21.7. The molecule has 10 nitrogen and oxygen atoms in total. The molecule has 0 radical (unpaired) electrons. The van der Waals surface area contributed by atoms with Gasteiger partial charge in [-0.1, -0.05) is 0 Å². The standard InChI is InChI=1S/3C7H7O2S.2C2H4O2.Bi/c3*1-10(8,9)7-5-3-2-4-6-7;2*1-2(3)4;/h3*3-6H,1H3;2*1H3,(H,3,4);/q;;;;;+2/p-2. The first-order chi connectivity index (χ1) is 17.8. The van der Waals surface area contributed by atoms with Crippen molar-refractivity contribution in [2.45, 2.75) is 28.5 Å². The van der Waals surface area contributed by atoms with Crippen LogP contribution in [0, 0.1) is 0 Å². The molecule has 0 aliphatic rings. The van der Waals surface area contributed by atoms with E-state index in [0.717, 1.165) is 32.6 Å². The molecule has 0 heterocycles. The van der Waals surface area contributed by atoms with E-state index in [-0.39, 0.29) is 24.5 Å².